The number of phenols is 1. The molecule has 0 bridgehead atoms. The minimum absolute atomic E-state index is 0.0985. The predicted octanol–water partition coefficient (Wildman–Crippen LogP) is 5.84. The van der Waals surface area contributed by atoms with Crippen molar-refractivity contribution in [3.63, 3.8) is 0 Å². The van der Waals surface area contributed by atoms with Gasteiger partial charge < -0.3 is 19.8 Å². The van der Waals surface area contributed by atoms with E-state index in [0.29, 0.717) is 5.56 Å². The Morgan fingerprint density at radius 1 is 0.969 bits per heavy atom. The summed E-state index contributed by atoms with van der Waals surface area (Å²) in [6.07, 6.45) is 3.88. The van der Waals surface area contributed by atoms with Gasteiger partial charge in [0.15, 0.2) is 5.75 Å². The van der Waals surface area contributed by atoms with Crippen LogP contribution in [0.1, 0.15) is 29.5 Å². The Morgan fingerprint density at radius 2 is 1.53 bits per heavy atom. The number of nitro groups is 1. The third-order valence-corrected chi connectivity index (χ3v) is 5.77. The zero-order chi connectivity index (χ0) is 22.2. The summed E-state index contributed by atoms with van der Waals surface area (Å²) in [6.45, 7) is 2.05. The molecular weight excluding hydrogens is 406 g/mol. The van der Waals surface area contributed by atoms with Crippen LogP contribution in [0.5, 0.6) is 11.5 Å². The molecule has 0 amide bonds. The molecule has 0 saturated heterocycles. The number of aromatic amines is 2. The monoisotopic (exact) mass is 427 g/mol. The van der Waals surface area contributed by atoms with Crippen LogP contribution in [-0.2, 0) is 0 Å². The second-order valence-electron chi connectivity index (χ2n) is 7.59. The summed E-state index contributed by atoms with van der Waals surface area (Å²) in [5, 5.41) is 24.2. The molecule has 3 N–H and O–H groups in total. The topological polar surface area (TPSA) is 104 Å². The lowest BCUT2D eigenvalue weighted by atomic mass is 9.84. The molecule has 0 atom stereocenters. The molecule has 5 rings (SSSR count). The highest BCUT2D eigenvalue weighted by Crippen LogP contribution is 2.45. The van der Waals surface area contributed by atoms with E-state index < -0.39 is 10.7 Å². The molecule has 160 valence electrons. The van der Waals surface area contributed by atoms with E-state index >= 15 is 0 Å². The lowest BCUT2D eigenvalue weighted by molar-refractivity contribution is -0.386. The average Bonchev–Trinajstić information content (AvgIpc) is 3.41. The number of nitrogens with one attached hydrogen (secondary N) is 2. The number of phenolic OH excluding ortho intramolecular Hbond substituents is 1. The number of H-pyrrole nitrogens is 2. The van der Waals surface area contributed by atoms with Crippen LogP contribution in [0.15, 0.2) is 73.1 Å². The van der Waals surface area contributed by atoms with Gasteiger partial charge in [0.2, 0.25) is 5.75 Å². The van der Waals surface area contributed by atoms with Crippen molar-refractivity contribution >= 4 is 27.5 Å². The summed E-state index contributed by atoms with van der Waals surface area (Å²) >= 11 is 0. The van der Waals surface area contributed by atoms with Crippen LogP contribution in [0.25, 0.3) is 21.8 Å². The van der Waals surface area contributed by atoms with E-state index in [9.17, 15) is 15.2 Å². The molecule has 0 aliphatic carbocycles. The molecule has 2 heterocycles. The maximum absolute atomic E-state index is 11.7. The van der Waals surface area contributed by atoms with Crippen LogP contribution in [-0.4, -0.2) is 26.6 Å². The summed E-state index contributed by atoms with van der Waals surface area (Å²) in [7, 11) is 0. The predicted molar refractivity (Wildman–Crippen MR) is 123 cm³/mol. The standard InChI is InChI=1S/C25H21N3O4/c1-2-32-23-12-15(11-22(25(23)29)28(30)31)24(18-13-26-20-9-5-3-7-16(18)20)19-14-27-21-10-6-4-8-17(19)21/h3-14,24,26-27,29H,2H2,1H3. The average molecular weight is 427 g/mol. The van der Waals surface area contributed by atoms with Gasteiger partial charge in [0, 0.05) is 46.2 Å². The molecule has 2 aromatic heterocycles. The summed E-state index contributed by atoms with van der Waals surface area (Å²) in [5.41, 5.74) is 4.19. The van der Waals surface area contributed by atoms with Gasteiger partial charge in [0.1, 0.15) is 0 Å². The fraction of sp³-hybridized carbons (Fsp3) is 0.120. The first-order valence-electron chi connectivity index (χ1n) is 10.3. The number of rotatable bonds is 6. The second kappa shape index (κ2) is 7.77. The molecule has 0 spiro atoms. The van der Waals surface area contributed by atoms with Crippen LogP contribution in [0.4, 0.5) is 5.69 Å². The SMILES string of the molecule is CCOc1cc(C(c2c[nH]c3ccccc23)c2c[nH]c3ccccc23)cc([N+](=O)[O-])c1O. The quantitative estimate of drug-likeness (QED) is 0.234. The summed E-state index contributed by atoms with van der Waals surface area (Å²) < 4.78 is 5.56. The number of nitro benzene ring substituents is 1. The van der Waals surface area contributed by atoms with E-state index in [1.165, 1.54) is 6.07 Å². The molecule has 0 saturated carbocycles. The van der Waals surface area contributed by atoms with Gasteiger partial charge in [0.25, 0.3) is 0 Å². The fourth-order valence-corrected chi connectivity index (χ4v) is 4.38. The summed E-state index contributed by atoms with van der Waals surface area (Å²) in [5.74, 6) is -0.695. The molecule has 0 aliphatic rings. The zero-order valence-corrected chi connectivity index (χ0v) is 17.3. The minimum atomic E-state index is -0.580. The number of hydrogen-bond acceptors (Lipinski definition) is 4. The smallest absolute Gasteiger partial charge is 0.314 e. The van der Waals surface area contributed by atoms with Crippen LogP contribution in [0.3, 0.4) is 0 Å². The molecule has 3 aromatic carbocycles. The number of ether oxygens (including phenoxy) is 1. The molecule has 7 heteroatoms. The number of aromatic hydroxyl groups is 1. The number of fused-ring (bicyclic) bond motifs is 2. The normalized spacial score (nSPS) is 11.4. The lowest BCUT2D eigenvalue weighted by Gasteiger charge is -2.19. The molecule has 0 radical (unpaired) electrons. The van der Waals surface area contributed by atoms with Crippen molar-refractivity contribution < 1.29 is 14.8 Å². The second-order valence-corrected chi connectivity index (χ2v) is 7.59. The Morgan fingerprint density at radius 3 is 2.06 bits per heavy atom. The van der Waals surface area contributed by atoms with Crippen LogP contribution in [0, 0.1) is 10.1 Å². The summed E-state index contributed by atoms with van der Waals surface area (Å²) in [6, 6.07) is 19.0. The molecule has 0 aliphatic heterocycles. The Bertz CT molecular complexity index is 1380. The van der Waals surface area contributed by atoms with Crippen molar-refractivity contribution in [3.8, 4) is 11.5 Å². The first kappa shape index (κ1) is 19.7. The third-order valence-electron chi connectivity index (χ3n) is 5.77. The highest BCUT2D eigenvalue weighted by molar-refractivity contribution is 5.89. The third kappa shape index (κ3) is 3.15. The maximum atomic E-state index is 11.7. The van der Waals surface area contributed by atoms with E-state index in [4.69, 9.17) is 4.74 Å². The number of aromatic nitrogens is 2. The van der Waals surface area contributed by atoms with Crippen LogP contribution < -0.4 is 4.74 Å². The Balaban J connectivity index is 1.82. The van der Waals surface area contributed by atoms with E-state index in [1.807, 2.05) is 60.9 Å². The highest BCUT2D eigenvalue weighted by Gasteiger charge is 2.28. The van der Waals surface area contributed by atoms with Crippen molar-refractivity contribution in [2.75, 3.05) is 6.61 Å². The van der Waals surface area contributed by atoms with Crippen molar-refractivity contribution in [2.45, 2.75) is 12.8 Å². The van der Waals surface area contributed by atoms with Gasteiger partial charge in [-0.3, -0.25) is 10.1 Å². The Hall–Kier alpha value is -4.26. The summed E-state index contributed by atoms with van der Waals surface area (Å²) in [4.78, 5) is 17.8. The zero-order valence-electron chi connectivity index (χ0n) is 17.3. The molecule has 5 aromatic rings. The number of hydrogen-bond donors (Lipinski definition) is 3. The number of para-hydroxylation sites is 2. The van der Waals surface area contributed by atoms with Gasteiger partial charge in [-0.15, -0.1) is 0 Å². The van der Waals surface area contributed by atoms with Gasteiger partial charge in [-0.2, -0.15) is 0 Å². The van der Waals surface area contributed by atoms with E-state index in [-0.39, 0.29) is 24.0 Å². The molecular formula is C25H21N3O4. The van der Waals surface area contributed by atoms with Crippen molar-refractivity contribution in [3.05, 3.63) is 99.9 Å². The van der Waals surface area contributed by atoms with E-state index in [0.717, 1.165) is 32.9 Å². The number of nitrogens with zero attached hydrogens (tertiary/aromatic N) is 1. The molecule has 0 fully saturated rings. The minimum Gasteiger partial charge on any atom is -0.500 e. The fourth-order valence-electron chi connectivity index (χ4n) is 4.38. The van der Waals surface area contributed by atoms with Gasteiger partial charge in [-0.25, -0.2) is 0 Å². The molecule has 0 unspecified atom stereocenters. The first-order chi connectivity index (χ1) is 15.6. The van der Waals surface area contributed by atoms with Gasteiger partial charge >= 0.3 is 5.69 Å². The van der Waals surface area contributed by atoms with Crippen molar-refractivity contribution in [2.24, 2.45) is 0 Å². The number of benzene rings is 3. The van der Waals surface area contributed by atoms with Crippen molar-refractivity contribution in [1.82, 2.24) is 9.97 Å². The van der Waals surface area contributed by atoms with E-state index in [2.05, 4.69) is 9.97 Å². The molecule has 7 nitrogen and oxygen atoms in total. The maximum Gasteiger partial charge on any atom is 0.314 e. The van der Waals surface area contributed by atoms with Crippen LogP contribution >= 0.6 is 0 Å². The van der Waals surface area contributed by atoms with Gasteiger partial charge in [0.05, 0.1) is 11.5 Å². The first-order valence-corrected chi connectivity index (χ1v) is 10.3. The van der Waals surface area contributed by atoms with Gasteiger partial charge in [-0.05, 0) is 41.8 Å². The van der Waals surface area contributed by atoms with Gasteiger partial charge in [-0.1, -0.05) is 36.4 Å². The van der Waals surface area contributed by atoms with E-state index in [1.54, 1.807) is 13.0 Å². The largest absolute Gasteiger partial charge is 0.500 e. The Kier molecular flexibility index (Phi) is 4.78. The van der Waals surface area contributed by atoms with Crippen LogP contribution in [0.2, 0.25) is 0 Å². The highest BCUT2D eigenvalue weighted by atomic mass is 16.6. The molecule has 32 heavy (non-hydrogen) atoms. The Labute approximate surface area is 183 Å². The van der Waals surface area contributed by atoms with Crippen molar-refractivity contribution in [1.29, 1.82) is 0 Å². The lowest BCUT2D eigenvalue weighted by Crippen LogP contribution is -2.05.